The number of carbonyl (C=O) groups is 2. The number of carbonyl (C=O) groups excluding carboxylic acids is 1. The Morgan fingerprint density at radius 3 is 2.48 bits per heavy atom. The first-order valence-electron chi connectivity index (χ1n) is 6.87. The topological polar surface area (TPSA) is 57.6 Å². The Hall–Kier alpha value is -1.43. The van der Waals surface area contributed by atoms with E-state index in [1.54, 1.807) is 4.90 Å². The van der Waals surface area contributed by atoms with E-state index in [1.807, 2.05) is 6.92 Å². The fourth-order valence-electron chi connectivity index (χ4n) is 2.67. The quantitative estimate of drug-likeness (QED) is 0.902. The normalized spacial score (nSPS) is 17.6. The molecule has 0 saturated carbocycles. The van der Waals surface area contributed by atoms with Gasteiger partial charge in [-0.25, -0.2) is 4.39 Å². The molecule has 6 heteroatoms. The van der Waals surface area contributed by atoms with Gasteiger partial charge < -0.3 is 10.0 Å². The molecule has 0 bridgehead atoms. The third-order valence-electron chi connectivity index (χ3n) is 4.30. The molecule has 0 spiro atoms. The van der Waals surface area contributed by atoms with Crippen molar-refractivity contribution in [1.82, 2.24) is 4.90 Å². The lowest BCUT2D eigenvalue weighted by Gasteiger charge is -2.38. The number of carboxylic acid groups (broad SMARTS) is 1. The maximum atomic E-state index is 13.2. The van der Waals surface area contributed by atoms with Crippen LogP contribution >= 0.6 is 15.9 Å². The van der Waals surface area contributed by atoms with Crippen LogP contribution in [0.2, 0.25) is 0 Å². The third-order valence-corrected chi connectivity index (χ3v) is 4.91. The van der Waals surface area contributed by atoms with E-state index in [0.29, 0.717) is 37.9 Å². The van der Waals surface area contributed by atoms with E-state index in [4.69, 9.17) is 0 Å². The number of hydrogen-bond acceptors (Lipinski definition) is 2. The van der Waals surface area contributed by atoms with Crippen molar-refractivity contribution >= 4 is 27.8 Å². The molecule has 1 aliphatic heterocycles. The van der Waals surface area contributed by atoms with Crippen molar-refractivity contribution in [2.45, 2.75) is 26.2 Å². The first-order chi connectivity index (χ1) is 9.89. The first-order valence-corrected chi connectivity index (χ1v) is 7.66. The van der Waals surface area contributed by atoms with Crippen LogP contribution in [0.4, 0.5) is 4.39 Å². The minimum absolute atomic E-state index is 0.189. The SMILES string of the molecule is CCC1(C(=O)O)CCN(C(=O)c2ccc(F)c(Br)c2)CC1. The summed E-state index contributed by atoms with van der Waals surface area (Å²) in [5.41, 5.74) is -0.317. The highest BCUT2D eigenvalue weighted by Crippen LogP contribution is 2.35. The van der Waals surface area contributed by atoms with Crippen LogP contribution in [0.1, 0.15) is 36.5 Å². The molecule has 0 aromatic heterocycles. The molecule has 1 aromatic rings. The second-order valence-electron chi connectivity index (χ2n) is 5.36. The number of benzene rings is 1. The molecule has 1 aliphatic rings. The van der Waals surface area contributed by atoms with Gasteiger partial charge in [-0.1, -0.05) is 6.92 Å². The zero-order valence-corrected chi connectivity index (χ0v) is 13.3. The van der Waals surface area contributed by atoms with E-state index in [0.717, 1.165) is 0 Å². The second kappa shape index (κ2) is 6.13. The number of rotatable bonds is 3. The van der Waals surface area contributed by atoms with Crippen LogP contribution in [-0.2, 0) is 4.79 Å². The van der Waals surface area contributed by atoms with Gasteiger partial charge in [0.05, 0.1) is 9.89 Å². The molecule has 1 aromatic carbocycles. The van der Waals surface area contributed by atoms with Crippen molar-refractivity contribution in [2.24, 2.45) is 5.41 Å². The number of likely N-dealkylation sites (tertiary alicyclic amines) is 1. The highest BCUT2D eigenvalue weighted by atomic mass is 79.9. The Bertz CT molecular complexity index is 568. The van der Waals surface area contributed by atoms with Crippen LogP contribution in [-0.4, -0.2) is 35.0 Å². The Balaban J connectivity index is 2.09. The van der Waals surface area contributed by atoms with Crippen LogP contribution < -0.4 is 0 Å². The van der Waals surface area contributed by atoms with Gasteiger partial charge >= 0.3 is 5.97 Å². The Labute approximate surface area is 131 Å². The summed E-state index contributed by atoms with van der Waals surface area (Å²) in [5.74, 6) is -1.39. The van der Waals surface area contributed by atoms with Crippen LogP contribution in [0, 0.1) is 11.2 Å². The van der Waals surface area contributed by atoms with Crippen molar-refractivity contribution in [1.29, 1.82) is 0 Å². The van der Waals surface area contributed by atoms with Gasteiger partial charge in [0.25, 0.3) is 5.91 Å². The van der Waals surface area contributed by atoms with Crippen molar-refractivity contribution in [3.8, 4) is 0 Å². The maximum absolute atomic E-state index is 13.2. The van der Waals surface area contributed by atoms with Crippen LogP contribution in [0.25, 0.3) is 0 Å². The minimum Gasteiger partial charge on any atom is -0.481 e. The van der Waals surface area contributed by atoms with Gasteiger partial charge in [0.15, 0.2) is 0 Å². The van der Waals surface area contributed by atoms with Crippen molar-refractivity contribution in [3.63, 3.8) is 0 Å². The molecule has 114 valence electrons. The van der Waals surface area contributed by atoms with E-state index in [1.165, 1.54) is 18.2 Å². The number of hydrogen-bond donors (Lipinski definition) is 1. The van der Waals surface area contributed by atoms with Crippen LogP contribution in [0.3, 0.4) is 0 Å². The molecular weight excluding hydrogens is 341 g/mol. The van der Waals surface area contributed by atoms with E-state index in [2.05, 4.69) is 15.9 Å². The van der Waals surface area contributed by atoms with Crippen molar-refractivity contribution < 1.29 is 19.1 Å². The molecule has 4 nitrogen and oxygen atoms in total. The Morgan fingerprint density at radius 1 is 1.38 bits per heavy atom. The molecule has 1 saturated heterocycles. The Kier molecular flexibility index (Phi) is 4.66. The summed E-state index contributed by atoms with van der Waals surface area (Å²) in [6.07, 6.45) is 1.46. The predicted octanol–water partition coefficient (Wildman–Crippen LogP) is 3.31. The van der Waals surface area contributed by atoms with Gasteiger partial charge in [-0.3, -0.25) is 9.59 Å². The lowest BCUT2D eigenvalue weighted by Crippen LogP contribution is -2.46. The summed E-state index contributed by atoms with van der Waals surface area (Å²) in [4.78, 5) is 25.4. The maximum Gasteiger partial charge on any atom is 0.309 e. The lowest BCUT2D eigenvalue weighted by atomic mass is 9.76. The molecule has 2 rings (SSSR count). The molecule has 1 fully saturated rings. The summed E-state index contributed by atoms with van der Waals surface area (Å²) < 4.78 is 13.5. The lowest BCUT2D eigenvalue weighted by molar-refractivity contribution is -0.152. The van der Waals surface area contributed by atoms with Gasteiger partial charge in [0.1, 0.15) is 5.82 Å². The van der Waals surface area contributed by atoms with E-state index in [-0.39, 0.29) is 10.4 Å². The summed E-state index contributed by atoms with van der Waals surface area (Å²) >= 11 is 3.06. The molecular formula is C15H17BrFNO3. The van der Waals surface area contributed by atoms with Gasteiger partial charge in [0.2, 0.25) is 0 Å². The number of aliphatic carboxylic acids is 1. The molecule has 0 radical (unpaired) electrons. The van der Waals surface area contributed by atoms with Gasteiger partial charge in [-0.2, -0.15) is 0 Å². The minimum atomic E-state index is -0.790. The average molecular weight is 358 g/mol. The van der Waals surface area contributed by atoms with Gasteiger partial charge in [-0.15, -0.1) is 0 Å². The standard InChI is InChI=1S/C15H17BrFNO3/c1-2-15(14(20)21)5-7-18(8-6-15)13(19)10-3-4-12(17)11(16)9-10/h3-4,9H,2,5-8H2,1H3,(H,20,21). The Morgan fingerprint density at radius 2 is 2.00 bits per heavy atom. The van der Waals surface area contributed by atoms with E-state index < -0.39 is 17.2 Å². The highest BCUT2D eigenvalue weighted by Gasteiger charge is 2.40. The molecule has 0 aliphatic carbocycles. The summed E-state index contributed by atoms with van der Waals surface area (Å²) in [5, 5.41) is 9.35. The average Bonchev–Trinajstić information content (AvgIpc) is 2.49. The molecule has 1 N–H and O–H groups in total. The fourth-order valence-corrected chi connectivity index (χ4v) is 3.05. The van der Waals surface area contributed by atoms with Gasteiger partial charge in [0, 0.05) is 18.7 Å². The number of amides is 1. The first kappa shape index (κ1) is 15.9. The largest absolute Gasteiger partial charge is 0.481 e. The van der Waals surface area contributed by atoms with E-state index in [9.17, 15) is 19.1 Å². The van der Waals surface area contributed by atoms with E-state index >= 15 is 0 Å². The molecule has 0 unspecified atom stereocenters. The number of halogens is 2. The van der Waals surface area contributed by atoms with Crippen LogP contribution in [0.15, 0.2) is 22.7 Å². The van der Waals surface area contributed by atoms with Gasteiger partial charge in [-0.05, 0) is 53.4 Å². The smallest absolute Gasteiger partial charge is 0.309 e. The molecule has 1 amide bonds. The summed E-state index contributed by atoms with van der Waals surface area (Å²) in [6.45, 7) is 2.69. The zero-order valence-electron chi connectivity index (χ0n) is 11.7. The molecule has 0 atom stereocenters. The monoisotopic (exact) mass is 357 g/mol. The molecule has 1 heterocycles. The van der Waals surface area contributed by atoms with Crippen LogP contribution in [0.5, 0.6) is 0 Å². The highest BCUT2D eigenvalue weighted by molar-refractivity contribution is 9.10. The number of piperidine rings is 1. The third kappa shape index (κ3) is 3.10. The van der Waals surface area contributed by atoms with Crippen molar-refractivity contribution in [2.75, 3.05) is 13.1 Å². The second-order valence-corrected chi connectivity index (χ2v) is 6.21. The fraction of sp³-hybridized carbons (Fsp3) is 0.467. The molecule has 21 heavy (non-hydrogen) atoms. The summed E-state index contributed by atoms with van der Waals surface area (Å²) in [6, 6.07) is 4.15. The number of carboxylic acids is 1. The van der Waals surface area contributed by atoms with Crippen molar-refractivity contribution in [3.05, 3.63) is 34.1 Å². The number of nitrogens with zero attached hydrogens (tertiary/aromatic N) is 1. The zero-order chi connectivity index (χ0) is 15.6. The predicted molar refractivity (Wildman–Crippen MR) is 79.6 cm³/mol. The summed E-state index contributed by atoms with van der Waals surface area (Å²) in [7, 11) is 0.